The Morgan fingerprint density at radius 3 is 2.52 bits per heavy atom. The van der Waals surface area contributed by atoms with Crippen LogP contribution in [0.4, 0.5) is 0 Å². The fraction of sp³-hybridized carbons (Fsp3) is 0.652. The van der Waals surface area contributed by atoms with E-state index in [1.54, 1.807) is 0 Å². The van der Waals surface area contributed by atoms with Crippen molar-refractivity contribution in [2.45, 2.75) is 57.0 Å². The summed E-state index contributed by atoms with van der Waals surface area (Å²) in [5.41, 5.74) is 3.50. The Hall–Kier alpha value is -2.32. The molecule has 2 aliphatic carbocycles. The van der Waals surface area contributed by atoms with Crippen molar-refractivity contribution in [2.24, 2.45) is 0 Å². The normalized spacial score (nSPS) is 22.9. The van der Waals surface area contributed by atoms with Gasteiger partial charge < -0.3 is 4.90 Å². The molecule has 0 unspecified atom stereocenters. The molecule has 2 aromatic heterocycles. The Balaban J connectivity index is 1.05. The van der Waals surface area contributed by atoms with Crippen molar-refractivity contribution in [1.29, 1.82) is 0 Å². The lowest BCUT2D eigenvalue weighted by Gasteiger charge is -2.43. The van der Waals surface area contributed by atoms with Crippen LogP contribution in [0.3, 0.4) is 0 Å². The Morgan fingerprint density at radius 1 is 1.00 bits per heavy atom. The fourth-order valence-electron chi connectivity index (χ4n) is 5.15. The summed E-state index contributed by atoms with van der Waals surface area (Å²) in [6.45, 7) is 5.98. The molecule has 0 aromatic carbocycles. The Labute approximate surface area is 183 Å². The summed E-state index contributed by atoms with van der Waals surface area (Å²) in [6.07, 6.45) is 9.33. The highest BCUT2D eigenvalue weighted by Crippen LogP contribution is 2.38. The van der Waals surface area contributed by atoms with Crippen molar-refractivity contribution < 1.29 is 4.79 Å². The molecule has 0 N–H and O–H groups in total. The monoisotopic (exact) mass is 421 g/mol. The first-order valence-corrected chi connectivity index (χ1v) is 11.9. The molecule has 4 heterocycles. The Kier molecular flexibility index (Phi) is 4.99. The van der Waals surface area contributed by atoms with Gasteiger partial charge in [-0.15, -0.1) is 5.10 Å². The molecule has 164 valence electrons. The number of fused-ring (bicyclic) bond motifs is 1. The van der Waals surface area contributed by atoms with Crippen LogP contribution in [0.15, 0.2) is 18.3 Å². The number of hydrogen-bond acceptors (Lipinski definition) is 6. The summed E-state index contributed by atoms with van der Waals surface area (Å²) in [4.78, 5) is 19.8. The van der Waals surface area contributed by atoms with E-state index in [1.165, 1.54) is 43.4 Å². The third-order valence-electron chi connectivity index (χ3n) is 7.51. The molecule has 1 amide bonds. The molecule has 3 fully saturated rings. The molecule has 8 nitrogen and oxygen atoms in total. The third kappa shape index (κ3) is 3.87. The first-order valence-electron chi connectivity index (χ1n) is 11.9. The average Bonchev–Trinajstić information content (AvgIpc) is 3.53. The van der Waals surface area contributed by atoms with E-state index in [-0.39, 0.29) is 5.91 Å². The molecule has 8 heteroatoms. The van der Waals surface area contributed by atoms with Crippen molar-refractivity contribution in [3.05, 3.63) is 35.3 Å². The second kappa shape index (κ2) is 7.98. The first-order chi connectivity index (χ1) is 15.2. The summed E-state index contributed by atoms with van der Waals surface area (Å²) in [5, 5.41) is 13.4. The van der Waals surface area contributed by atoms with E-state index < -0.39 is 0 Å². The zero-order valence-corrected chi connectivity index (χ0v) is 18.1. The topological polar surface area (TPSA) is 70.4 Å². The van der Waals surface area contributed by atoms with Gasteiger partial charge >= 0.3 is 0 Å². The number of piperazine rings is 1. The molecular weight excluding hydrogens is 390 g/mol. The van der Waals surface area contributed by atoms with Crippen molar-refractivity contribution in [2.75, 3.05) is 39.3 Å². The first kappa shape index (κ1) is 19.4. The zero-order valence-electron chi connectivity index (χ0n) is 18.1. The second-order valence-corrected chi connectivity index (χ2v) is 9.58. The van der Waals surface area contributed by atoms with E-state index >= 15 is 0 Å². The van der Waals surface area contributed by atoms with Gasteiger partial charge in [0.1, 0.15) is 0 Å². The van der Waals surface area contributed by atoms with E-state index in [2.05, 4.69) is 36.1 Å². The van der Waals surface area contributed by atoms with E-state index in [1.807, 2.05) is 16.9 Å². The van der Waals surface area contributed by atoms with Crippen LogP contribution < -0.4 is 0 Å². The molecule has 2 aliphatic heterocycles. The third-order valence-corrected chi connectivity index (χ3v) is 7.51. The van der Waals surface area contributed by atoms with Gasteiger partial charge in [-0.05, 0) is 37.8 Å². The Morgan fingerprint density at radius 2 is 1.84 bits per heavy atom. The van der Waals surface area contributed by atoms with Crippen LogP contribution in [0.1, 0.15) is 55.0 Å². The van der Waals surface area contributed by atoms with Crippen molar-refractivity contribution in [3.63, 3.8) is 0 Å². The standard InChI is InChI=1S/C23H31N7O/c31-23(29-12-10-28(11-13-29)19-2-1-3-19)16-27-9-8-21-18(15-27)14-24-30(21)22-7-6-20(25-26-22)17-4-5-17/h6-7,14,17,19H,1-5,8-13,15-16H2. The van der Waals surface area contributed by atoms with Crippen LogP contribution >= 0.6 is 0 Å². The van der Waals surface area contributed by atoms with Crippen molar-refractivity contribution in [1.82, 2.24) is 34.7 Å². The van der Waals surface area contributed by atoms with E-state index in [9.17, 15) is 4.79 Å². The van der Waals surface area contributed by atoms with E-state index in [0.717, 1.165) is 63.2 Å². The van der Waals surface area contributed by atoms with Gasteiger partial charge in [0.25, 0.3) is 0 Å². The quantitative estimate of drug-likeness (QED) is 0.730. The lowest BCUT2D eigenvalue weighted by Crippen LogP contribution is -2.55. The molecule has 0 radical (unpaired) electrons. The van der Waals surface area contributed by atoms with Gasteiger partial charge in [-0.3, -0.25) is 14.6 Å². The van der Waals surface area contributed by atoms with Gasteiger partial charge in [0.05, 0.1) is 24.1 Å². The van der Waals surface area contributed by atoms with Gasteiger partial charge in [-0.1, -0.05) is 6.42 Å². The molecule has 31 heavy (non-hydrogen) atoms. The second-order valence-electron chi connectivity index (χ2n) is 9.58. The predicted octanol–water partition coefficient (Wildman–Crippen LogP) is 1.59. The SMILES string of the molecule is O=C(CN1CCc2c(cnn2-c2ccc(C3CC3)nn2)C1)N1CCN(C2CCC2)CC1. The van der Waals surface area contributed by atoms with E-state index in [4.69, 9.17) is 0 Å². The number of nitrogens with zero attached hydrogens (tertiary/aromatic N) is 7. The summed E-state index contributed by atoms with van der Waals surface area (Å²) in [6, 6.07) is 4.91. The summed E-state index contributed by atoms with van der Waals surface area (Å²) in [7, 11) is 0. The Bertz CT molecular complexity index is 939. The highest BCUT2D eigenvalue weighted by Gasteiger charge is 2.31. The average molecular weight is 422 g/mol. The lowest BCUT2D eigenvalue weighted by atomic mass is 9.91. The van der Waals surface area contributed by atoms with Crippen LogP contribution in [0.5, 0.6) is 0 Å². The minimum atomic E-state index is 0.269. The molecular formula is C23H31N7O. The molecule has 4 aliphatic rings. The van der Waals surface area contributed by atoms with Crippen LogP contribution in [0, 0.1) is 0 Å². The molecule has 0 spiro atoms. The minimum Gasteiger partial charge on any atom is -0.339 e. The molecule has 2 saturated carbocycles. The van der Waals surface area contributed by atoms with Gasteiger partial charge in [-0.2, -0.15) is 10.2 Å². The maximum Gasteiger partial charge on any atom is 0.236 e. The van der Waals surface area contributed by atoms with Gasteiger partial charge in [0.2, 0.25) is 5.91 Å². The van der Waals surface area contributed by atoms with Crippen LogP contribution in [-0.2, 0) is 17.8 Å². The van der Waals surface area contributed by atoms with Crippen molar-refractivity contribution in [3.8, 4) is 5.82 Å². The summed E-state index contributed by atoms with van der Waals surface area (Å²) >= 11 is 0. The number of carbonyl (C=O) groups excluding carboxylic acids is 1. The summed E-state index contributed by atoms with van der Waals surface area (Å²) in [5.74, 6) is 1.67. The fourth-order valence-corrected chi connectivity index (χ4v) is 5.15. The lowest BCUT2D eigenvalue weighted by molar-refractivity contribution is -0.135. The summed E-state index contributed by atoms with van der Waals surface area (Å²) < 4.78 is 1.93. The van der Waals surface area contributed by atoms with Gasteiger partial charge in [0, 0.05) is 63.2 Å². The van der Waals surface area contributed by atoms with Gasteiger partial charge in [-0.25, -0.2) is 4.68 Å². The number of rotatable bonds is 5. The zero-order chi connectivity index (χ0) is 20.8. The maximum atomic E-state index is 12.9. The number of hydrogen-bond donors (Lipinski definition) is 0. The van der Waals surface area contributed by atoms with Gasteiger partial charge in [0.15, 0.2) is 5.82 Å². The number of amides is 1. The highest BCUT2D eigenvalue weighted by molar-refractivity contribution is 5.78. The predicted molar refractivity (Wildman–Crippen MR) is 116 cm³/mol. The van der Waals surface area contributed by atoms with E-state index in [0.29, 0.717) is 12.5 Å². The molecule has 6 rings (SSSR count). The number of aromatic nitrogens is 4. The molecule has 1 saturated heterocycles. The minimum absolute atomic E-state index is 0.269. The van der Waals surface area contributed by atoms with Crippen LogP contribution in [-0.4, -0.2) is 85.9 Å². The number of carbonyl (C=O) groups is 1. The maximum absolute atomic E-state index is 12.9. The van der Waals surface area contributed by atoms with Crippen LogP contribution in [0.25, 0.3) is 5.82 Å². The smallest absolute Gasteiger partial charge is 0.236 e. The van der Waals surface area contributed by atoms with Crippen LogP contribution in [0.2, 0.25) is 0 Å². The molecule has 0 bridgehead atoms. The molecule has 2 aromatic rings. The highest BCUT2D eigenvalue weighted by atomic mass is 16.2. The van der Waals surface area contributed by atoms with Crippen molar-refractivity contribution >= 4 is 5.91 Å². The largest absolute Gasteiger partial charge is 0.339 e. The molecule has 0 atom stereocenters.